The molecule has 0 saturated carbocycles. The summed E-state index contributed by atoms with van der Waals surface area (Å²) in [4.78, 5) is 17.9. The topological polar surface area (TPSA) is 87.0 Å². The summed E-state index contributed by atoms with van der Waals surface area (Å²) in [5, 5.41) is 9.85. The number of unbranched alkanes of at least 4 members (excludes halogenated alkanes) is 1. The second-order valence-corrected chi connectivity index (χ2v) is 5.97. The number of aliphatic hydroxyl groups is 1. The van der Waals surface area contributed by atoms with Gasteiger partial charge in [-0.25, -0.2) is 4.57 Å². The molecule has 0 heterocycles. The van der Waals surface area contributed by atoms with Crippen molar-refractivity contribution in [3.05, 3.63) is 23.5 Å². The third-order valence-electron chi connectivity index (χ3n) is 3.47. The van der Waals surface area contributed by atoms with Crippen molar-refractivity contribution in [2.75, 3.05) is 0 Å². The second kappa shape index (κ2) is 5.57. The van der Waals surface area contributed by atoms with Gasteiger partial charge >= 0.3 is 7.82 Å². The number of aliphatic hydroxyl groups excluding tert-OH is 1. The molecule has 2 atom stereocenters. The van der Waals surface area contributed by atoms with Crippen LogP contribution >= 0.6 is 7.82 Å². The van der Waals surface area contributed by atoms with Crippen molar-refractivity contribution in [3.8, 4) is 0 Å². The van der Waals surface area contributed by atoms with Crippen molar-refractivity contribution in [1.29, 1.82) is 0 Å². The average molecular weight is 276 g/mol. The lowest BCUT2D eigenvalue weighted by molar-refractivity contribution is 0.0113. The van der Waals surface area contributed by atoms with Crippen molar-refractivity contribution >= 4 is 7.82 Å². The van der Waals surface area contributed by atoms with Crippen molar-refractivity contribution in [1.82, 2.24) is 0 Å². The van der Waals surface area contributed by atoms with Gasteiger partial charge in [-0.1, -0.05) is 31.9 Å². The lowest BCUT2D eigenvalue weighted by Crippen LogP contribution is -2.40. The Morgan fingerprint density at radius 1 is 1.44 bits per heavy atom. The van der Waals surface area contributed by atoms with E-state index in [1.165, 1.54) is 13.0 Å². The lowest BCUT2D eigenvalue weighted by atomic mass is 9.78. The van der Waals surface area contributed by atoms with Gasteiger partial charge in [0.1, 0.15) is 11.4 Å². The van der Waals surface area contributed by atoms with Crippen LogP contribution in [-0.4, -0.2) is 20.5 Å². The molecule has 0 radical (unpaired) electrons. The van der Waals surface area contributed by atoms with Crippen LogP contribution in [0.3, 0.4) is 0 Å². The zero-order valence-electron chi connectivity index (χ0n) is 11.0. The molecule has 5 nitrogen and oxygen atoms in total. The van der Waals surface area contributed by atoms with Crippen molar-refractivity contribution in [2.45, 2.75) is 45.6 Å². The van der Waals surface area contributed by atoms with Gasteiger partial charge in [-0.05, 0) is 25.8 Å². The summed E-state index contributed by atoms with van der Waals surface area (Å²) in [5.74, 6) is -0.430. The smallest absolute Gasteiger partial charge is 0.470 e. The molecule has 1 aliphatic carbocycles. The van der Waals surface area contributed by atoms with E-state index in [9.17, 15) is 9.67 Å². The quantitative estimate of drug-likeness (QED) is 0.672. The summed E-state index contributed by atoms with van der Waals surface area (Å²) in [5.41, 5.74) is -0.331. The largest absolute Gasteiger partial charge is 0.509 e. The molecule has 2 unspecified atom stereocenters. The van der Waals surface area contributed by atoms with Crippen LogP contribution < -0.4 is 0 Å². The highest BCUT2D eigenvalue weighted by Gasteiger charge is 2.44. The zero-order valence-corrected chi connectivity index (χ0v) is 11.9. The fourth-order valence-corrected chi connectivity index (χ4v) is 2.87. The predicted octanol–water partition coefficient (Wildman–Crippen LogP) is 3.06. The molecule has 18 heavy (non-hydrogen) atoms. The summed E-state index contributed by atoms with van der Waals surface area (Å²) in [6.07, 6.45) is 6.13. The van der Waals surface area contributed by atoms with Crippen molar-refractivity contribution < 1.29 is 24.0 Å². The first-order valence-electron chi connectivity index (χ1n) is 6.07. The molecular weight excluding hydrogens is 255 g/mol. The third-order valence-corrected chi connectivity index (χ3v) is 4.09. The van der Waals surface area contributed by atoms with Gasteiger partial charge in [0.05, 0.1) is 0 Å². The lowest BCUT2D eigenvalue weighted by Gasteiger charge is -2.38. The van der Waals surface area contributed by atoms with E-state index >= 15 is 0 Å². The van der Waals surface area contributed by atoms with Gasteiger partial charge in [0.15, 0.2) is 0 Å². The van der Waals surface area contributed by atoms with Gasteiger partial charge in [-0.2, -0.15) is 0 Å². The van der Waals surface area contributed by atoms with Crippen LogP contribution in [0, 0.1) is 5.92 Å². The van der Waals surface area contributed by atoms with E-state index in [0.717, 1.165) is 24.8 Å². The molecular formula is C12H21O5P. The molecule has 0 aliphatic heterocycles. The molecule has 0 saturated heterocycles. The first-order valence-corrected chi connectivity index (χ1v) is 7.60. The third kappa shape index (κ3) is 3.45. The summed E-state index contributed by atoms with van der Waals surface area (Å²) in [6.45, 7) is 5.38. The molecule has 0 amide bonds. The Hall–Kier alpha value is -0.610. The maximum absolute atomic E-state index is 11.0. The fraction of sp³-hybridized carbons (Fsp3) is 0.667. The van der Waals surface area contributed by atoms with Gasteiger partial charge in [0.25, 0.3) is 0 Å². The standard InChI is InChI=1S/C12H21O5P/c1-4-5-6-10-7-8-11(13)12(3,9(10)2)17-18(14,15)16/h7-9,13H,4-6H2,1-3H3,(H2,14,15,16). The van der Waals surface area contributed by atoms with Gasteiger partial charge in [-0.3, -0.25) is 4.52 Å². The van der Waals surface area contributed by atoms with Gasteiger partial charge in [-0.15, -0.1) is 0 Å². The second-order valence-electron chi connectivity index (χ2n) is 4.81. The molecule has 0 spiro atoms. The minimum atomic E-state index is -4.65. The molecule has 0 fully saturated rings. The summed E-state index contributed by atoms with van der Waals surface area (Å²) < 4.78 is 15.8. The number of rotatable bonds is 5. The minimum absolute atomic E-state index is 0.154. The van der Waals surface area contributed by atoms with Crippen LogP contribution in [0.5, 0.6) is 0 Å². The van der Waals surface area contributed by atoms with Crippen LogP contribution in [0.4, 0.5) is 0 Å². The van der Waals surface area contributed by atoms with Crippen LogP contribution in [0.25, 0.3) is 0 Å². The average Bonchev–Trinajstić information content (AvgIpc) is 2.24. The Kier molecular flexibility index (Phi) is 4.78. The molecule has 3 N–H and O–H groups in total. The Labute approximate surface area is 107 Å². The van der Waals surface area contributed by atoms with E-state index in [-0.39, 0.29) is 11.7 Å². The molecule has 0 aromatic rings. The van der Waals surface area contributed by atoms with Gasteiger partial charge in [0.2, 0.25) is 0 Å². The van der Waals surface area contributed by atoms with E-state index in [0.29, 0.717) is 0 Å². The van der Waals surface area contributed by atoms with Crippen molar-refractivity contribution in [2.24, 2.45) is 5.92 Å². The summed E-state index contributed by atoms with van der Waals surface area (Å²) >= 11 is 0. The Bertz CT molecular complexity index is 409. The molecule has 0 aromatic heterocycles. The highest BCUT2D eigenvalue weighted by molar-refractivity contribution is 7.46. The van der Waals surface area contributed by atoms with Crippen molar-refractivity contribution in [3.63, 3.8) is 0 Å². The van der Waals surface area contributed by atoms with Gasteiger partial charge in [0, 0.05) is 5.92 Å². The van der Waals surface area contributed by atoms with Crippen LogP contribution in [0.1, 0.15) is 40.0 Å². The number of phosphoric acid groups is 1. The minimum Gasteiger partial charge on any atom is -0.509 e. The van der Waals surface area contributed by atoms with Gasteiger partial charge < -0.3 is 14.9 Å². The number of phosphoric ester groups is 1. The monoisotopic (exact) mass is 276 g/mol. The Balaban J connectivity index is 2.97. The predicted molar refractivity (Wildman–Crippen MR) is 69.0 cm³/mol. The van der Waals surface area contributed by atoms with E-state index < -0.39 is 13.4 Å². The normalized spacial score (nSPS) is 28.8. The molecule has 1 aliphatic rings. The van der Waals surface area contributed by atoms with E-state index in [2.05, 4.69) is 6.92 Å². The Morgan fingerprint density at radius 3 is 2.56 bits per heavy atom. The maximum atomic E-state index is 11.0. The summed E-state index contributed by atoms with van der Waals surface area (Å²) in [6, 6.07) is 0. The Morgan fingerprint density at radius 2 is 2.06 bits per heavy atom. The first-order chi connectivity index (χ1) is 8.20. The first kappa shape index (κ1) is 15.4. The van der Waals surface area contributed by atoms with Crippen LogP contribution in [0.2, 0.25) is 0 Å². The van der Waals surface area contributed by atoms with E-state index in [1.54, 1.807) is 13.0 Å². The number of allylic oxidation sites excluding steroid dienone is 2. The molecule has 1 rings (SSSR count). The number of hydrogen-bond donors (Lipinski definition) is 3. The highest BCUT2D eigenvalue weighted by Crippen LogP contribution is 2.49. The summed E-state index contributed by atoms with van der Waals surface area (Å²) in [7, 11) is -4.65. The fourth-order valence-electron chi connectivity index (χ4n) is 2.12. The SMILES string of the molecule is CCCCC1=CC=C(O)C(C)(OP(=O)(O)O)C1C. The van der Waals surface area contributed by atoms with Crippen LogP contribution in [0.15, 0.2) is 23.5 Å². The molecule has 0 bridgehead atoms. The zero-order chi connectivity index (χ0) is 14.0. The molecule has 6 heteroatoms. The highest BCUT2D eigenvalue weighted by atomic mass is 31.2. The van der Waals surface area contributed by atoms with Crippen LogP contribution in [-0.2, 0) is 9.09 Å². The van der Waals surface area contributed by atoms with E-state index in [1.807, 2.05) is 0 Å². The van der Waals surface area contributed by atoms with E-state index in [4.69, 9.17) is 14.3 Å². The molecule has 0 aromatic carbocycles. The molecule has 104 valence electrons. The number of hydrogen-bond acceptors (Lipinski definition) is 3. The maximum Gasteiger partial charge on any atom is 0.470 e.